The number of halogens is 2. The zero-order valence-corrected chi connectivity index (χ0v) is 12.8. The molecule has 4 unspecified atom stereocenters. The number of anilines is 1. The van der Waals surface area contributed by atoms with Crippen LogP contribution >= 0.6 is 11.6 Å². The summed E-state index contributed by atoms with van der Waals surface area (Å²) in [5.74, 6) is 1.23. The molecular formula is C14H16ClFN2O2S. The maximum Gasteiger partial charge on any atom is 0.243 e. The molecule has 2 bridgehead atoms. The molecule has 0 aromatic heterocycles. The second-order valence-electron chi connectivity index (χ2n) is 6.45. The Labute approximate surface area is 127 Å². The summed E-state index contributed by atoms with van der Waals surface area (Å²) in [5.41, 5.74) is 5.71. The Morgan fingerprint density at radius 1 is 1.24 bits per heavy atom. The molecule has 3 aliphatic carbocycles. The van der Waals surface area contributed by atoms with Crippen molar-refractivity contribution in [1.82, 2.24) is 4.72 Å². The van der Waals surface area contributed by atoms with Crippen molar-refractivity contribution in [2.24, 2.45) is 23.7 Å². The highest BCUT2D eigenvalue weighted by atomic mass is 35.5. The SMILES string of the molecule is Nc1cc(Cl)c(F)c(S(=O)(=O)NC2C3C4CCC(C4)C23)c1. The highest BCUT2D eigenvalue weighted by molar-refractivity contribution is 7.89. The van der Waals surface area contributed by atoms with Crippen molar-refractivity contribution < 1.29 is 12.8 Å². The minimum atomic E-state index is -3.92. The number of hydrogen-bond acceptors (Lipinski definition) is 3. The molecule has 3 N–H and O–H groups in total. The van der Waals surface area contributed by atoms with E-state index in [4.69, 9.17) is 17.3 Å². The summed E-state index contributed by atoms with van der Waals surface area (Å²) in [5, 5.41) is -0.272. The molecule has 4 rings (SSSR count). The van der Waals surface area contributed by atoms with Gasteiger partial charge in [-0.15, -0.1) is 0 Å². The predicted octanol–water partition coefficient (Wildman–Crippen LogP) is 2.38. The van der Waals surface area contributed by atoms with Crippen molar-refractivity contribution in [3.63, 3.8) is 0 Å². The zero-order chi connectivity index (χ0) is 14.9. The summed E-state index contributed by atoms with van der Waals surface area (Å²) < 4.78 is 41.5. The Bertz CT molecular complexity index is 708. The van der Waals surface area contributed by atoms with E-state index in [0.29, 0.717) is 23.7 Å². The Morgan fingerprint density at radius 3 is 2.48 bits per heavy atom. The van der Waals surface area contributed by atoms with Crippen LogP contribution in [0.15, 0.2) is 17.0 Å². The fraction of sp³-hybridized carbons (Fsp3) is 0.571. The molecule has 0 radical (unpaired) electrons. The Kier molecular flexibility index (Phi) is 2.85. The molecule has 3 fully saturated rings. The second kappa shape index (κ2) is 4.33. The molecule has 0 amide bonds. The summed E-state index contributed by atoms with van der Waals surface area (Å²) in [4.78, 5) is -0.454. The molecule has 0 spiro atoms. The first-order valence-corrected chi connectivity index (χ1v) is 9.01. The Hall–Kier alpha value is -0.850. The lowest BCUT2D eigenvalue weighted by atomic mass is 10.0. The van der Waals surface area contributed by atoms with Crippen molar-refractivity contribution >= 4 is 27.3 Å². The summed E-state index contributed by atoms with van der Waals surface area (Å²) in [6.45, 7) is 0. The normalized spacial score (nSPS) is 36.8. The fourth-order valence-electron chi connectivity index (χ4n) is 4.51. The molecule has 1 aromatic carbocycles. The van der Waals surface area contributed by atoms with Crippen LogP contribution in [0.1, 0.15) is 19.3 Å². The third kappa shape index (κ3) is 1.99. The van der Waals surface area contributed by atoms with Crippen LogP contribution in [0.5, 0.6) is 0 Å². The van der Waals surface area contributed by atoms with Gasteiger partial charge in [0.2, 0.25) is 10.0 Å². The number of sulfonamides is 1. The van der Waals surface area contributed by atoms with Crippen LogP contribution in [0.3, 0.4) is 0 Å². The molecule has 3 aliphatic rings. The smallest absolute Gasteiger partial charge is 0.243 e. The van der Waals surface area contributed by atoms with E-state index in [9.17, 15) is 12.8 Å². The number of nitrogen functional groups attached to an aromatic ring is 1. The molecule has 0 aliphatic heterocycles. The average Bonchev–Trinajstić information content (AvgIpc) is 2.82. The first kappa shape index (κ1) is 13.8. The minimum absolute atomic E-state index is 0.0409. The second-order valence-corrected chi connectivity index (χ2v) is 8.54. The van der Waals surface area contributed by atoms with E-state index in [-0.39, 0.29) is 16.8 Å². The third-order valence-corrected chi connectivity index (χ3v) is 7.07. The lowest BCUT2D eigenvalue weighted by Crippen LogP contribution is -2.30. The van der Waals surface area contributed by atoms with Gasteiger partial charge >= 0.3 is 0 Å². The molecule has 7 heteroatoms. The largest absolute Gasteiger partial charge is 0.399 e. The standard InChI is InChI=1S/C14H16ClFN2O2S/c15-9-4-8(17)5-10(13(9)16)21(19,20)18-14-11-6-1-2-7(3-6)12(11)14/h4-7,11-12,14,18H,1-3,17H2. The summed E-state index contributed by atoms with van der Waals surface area (Å²) in [6, 6.07) is 2.29. The summed E-state index contributed by atoms with van der Waals surface area (Å²) >= 11 is 5.68. The molecule has 0 saturated heterocycles. The van der Waals surface area contributed by atoms with E-state index < -0.39 is 20.7 Å². The first-order chi connectivity index (χ1) is 9.88. The van der Waals surface area contributed by atoms with Crippen molar-refractivity contribution in [1.29, 1.82) is 0 Å². The molecule has 4 atom stereocenters. The molecule has 0 heterocycles. The van der Waals surface area contributed by atoms with Gasteiger partial charge in [0.15, 0.2) is 5.82 Å². The predicted molar refractivity (Wildman–Crippen MR) is 77.7 cm³/mol. The zero-order valence-electron chi connectivity index (χ0n) is 11.2. The van der Waals surface area contributed by atoms with E-state index in [1.54, 1.807) is 0 Å². The molecule has 3 saturated carbocycles. The van der Waals surface area contributed by atoms with Gasteiger partial charge in [-0.2, -0.15) is 0 Å². The van der Waals surface area contributed by atoms with Gasteiger partial charge in [0, 0.05) is 11.7 Å². The number of hydrogen-bond donors (Lipinski definition) is 2. The first-order valence-electron chi connectivity index (χ1n) is 7.15. The molecule has 21 heavy (non-hydrogen) atoms. The van der Waals surface area contributed by atoms with Crippen LogP contribution in [0, 0.1) is 29.5 Å². The monoisotopic (exact) mass is 330 g/mol. The van der Waals surface area contributed by atoms with Crippen LogP contribution < -0.4 is 10.5 Å². The van der Waals surface area contributed by atoms with Gasteiger partial charge in [-0.1, -0.05) is 11.6 Å². The van der Waals surface area contributed by atoms with Gasteiger partial charge in [-0.25, -0.2) is 17.5 Å². The van der Waals surface area contributed by atoms with Gasteiger partial charge < -0.3 is 5.73 Å². The highest BCUT2D eigenvalue weighted by Gasteiger charge is 2.65. The lowest BCUT2D eigenvalue weighted by molar-refractivity contribution is 0.456. The van der Waals surface area contributed by atoms with E-state index in [1.807, 2.05) is 0 Å². The van der Waals surface area contributed by atoms with Crippen molar-refractivity contribution in [3.8, 4) is 0 Å². The fourth-order valence-corrected chi connectivity index (χ4v) is 6.23. The Morgan fingerprint density at radius 2 is 1.86 bits per heavy atom. The van der Waals surface area contributed by atoms with Crippen LogP contribution in [0.4, 0.5) is 10.1 Å². The van der Waals surface area contributed by atoms with E-state index in [2.05, 4.69) is 4.72 Å². The number of fused-ring (bicyclic) bond motifs is 5. The van der Waals surface area contributed by atoms with E-state index in [1.165, 1.54) is 25.3 Å². The number of rotatable bonds is 3. The van der Waals surface area contributed by atoms with Gasteiger partial charge in [0.1, 0.15) is 4.90 Å². The third-order valence-electron chi connectivity index (χ3n) is 5.33. The summed E-state index contributed by atoms with van der Waals surface area (Å²) in [7, 11) is -3.92. The van der Waals surface area contributed by atoms with Crippen LogP contribution in [-0.4, -0.2) is 14.5 Å². The van der Waals surface area contributed by atoms with Crippen LogP contribution in [0.25, 0.3) is 0 Å². The topological polar surface area (TPSA) is 72.2 Å². The average molecular weight is 331 g/mol. The summed E-state index contributed by atoms with van der Waals surface area (Å²) in [6.07, 6.45) is 3.62. The van der Waals surface area contributed by atoms with Gasteiger partial charge in [-0.3, -0.25) is 0 Å². The Balaban J connectivity index is 1.61. The van der Waals surface area contributed by atoms with Crippen molar-refractivity contribution in [2.75, 3.05) is 5.73 Å². The number of nitrogens with one attached hydrogen (secondary N) is 1. The van der Waals surface area contributed by atoms with Crippen LogP contribution in [-0.2, 0) is 10.0 Å². The maximum absolute atomic E-state index is 14.0. The molecule has 114 valence electrons. The van der Waals surface area contributed by atoms with Crippen LogP contribution in [0.2, 0.25) is 5.02 Å². The number of benzene rings is 1. The van der Waals surface area contributed by atoms with Crippen molar-refractivity contribution in [3.05, 3.63) is 23.0 Å². The quantitative estimate of drug-likeness (QED) is 0.836. The van der Waals surface area contributed by atoms with Gasteiger partial charge in [-0.05, 0) is 55.1 Å². The lowest BCUT2D eigenvalue weighted by Gasteiger charge is -2.12. The van der Waals surface area contributed by atoms with Crippen molar-refractivity contribution in [2.45, 2.75) is 30.2 Å². The number of nitrogens with two attached hydrogens (primary N) is 1. The van der Waals surface area contributed by atoms with Gasteiger partial charge in [0.05, 0.1) is 5.02 Å². The highest BCUT2D eigenvalue weighted by Crippen LogP contribution is 2.65. The minimum Gasteiger partial charge on any atom is -0.399 e. The molecule has 4 nitrogen and oxygen atoms in total. The maximum atomic E-state index is 14.0. The van der Waals surface area contributed by atoms with E-state index in [0.717, 1.165) is 6.07 Å². The van der Waals surface area contributed by atoms with Gasteiger partial charge in [0.25, 0.3) is 0 Å². The molecule has 1 aromatic rings. The van der Waals surface area contributed by atoms with E-state index >= 15 is 0 Å². The molecular weight excluding hydrogens is 315 g/mol.